The number of alkyl halides is 1. The third kappa shape index (κ3) is 2.66. The lowest BCUT2D eigenvalue weighted by Gasteiger charge is -2.06. The van der Waals surface area contributed by atoms with Crippen molar-refractivity contribution in [1.29, 1.82) is 0 Å². The number of halogens is 1. The Kier molecular flexibility index (Phi) is 3.39. The second-order valence-corrected chi connectivity index (χ2v) is 3.14. The lowest BCUT2D eigenvalue weighted by Crippen LogP contribution is -2.17. The van der Waals surface area contributed by atoms with E-state index >= 15 is 0 Å². The minimum absolute atomic E-state index is 0.0836. The van der Waals surface area contributed by atoms with Gasteiger partial charge < -0.3 is 10.8 Å². The number of carboxylic acids is 1. The summed E-state index contributed by atoms with van der Waals surface area (Å²) >= 11 is 0. The standard InChI is InChI=1S/C9H9FN2O4/c10-8(12(15)16)4-6-3-5(9(13)14)1-2-7(6)11/h1-3,8H,4,11H2,(H,13,14). The summed E-state index contributed by atoms with van der Waals surface area (Å²) in [7, 11) is 0. The van der Waals surface area contributed by atoms with E-state index in [4.69, 9.17) is 10.8 Å². The highest BCUT2D eigenvalue weighted by atomic mass is 19.1. The Morgan fingerprint density at radius 1 is 1.62 bits per heavy atom. The van der Waals surface area contributed by atoms with Crippen LogP contribution < -0.4 is 5.73 Å². The topological polar surface area (TPSA) is 106 Å². The quantitative estimate of drug-likeness (QED) is 0.347. The van der Waals surface area contributed by atoms with Crippen LogP contribution in [0.1, 0.15) is 15.9 Å². The Hall–Kier alpha value is -2.18. The summed E-state index contributed by atoms with van der Waals surface area (Å²) in [5.74, 6) is -1.20. The number of carboxylic acid groups (broad SMARTS) is 1. The molecule has 0 saturated heterocycles. The molecule has 86 valence electrons. The Bertz CT molecular complexity index is 436. The molecule has 1 aromatic carbocycles. The molecule has 0 heterocycles. The summed E-state index contributed by atoms with van der Waals surface area (Å²) in [6.45, 7) is 0. The molecule has 1 rings (SSSR count). The molecular weight excluding hydrogens is 219 g/mol. The van der Waals surface area contributed by atoms with E-state index in [1.54, 1.807) is 0 Å². The van der Waals surface area contributed by atoms with Crippen molar-refractivity contribution in [3.63, 3.8) is 0 Å². The van der Waals surface area contributed by atoms with Crippen LogP contribution in [0.2, 0.25) is 0 Å². The Morgan fingerprint density at radius 2 is 2.25 bits per heavy atom. The molecule has 7 heteroatoms. The van der Waals surface area contributed by atoms with Gasteiger partial charge in [0.2, 0.25) is 0 Å². The Balaban J connectivity index is 2.98. The van der Waals surface area contributed by atoms with E-state index < -0.39 is 23.6 Å². The van der Waals surface area contributed by atoms with Gasteiger partial charge in [-0.05, 0) is 23.8 Å². The van der Waals surface area contributed by atoms with E-state index in [9.17, 15) is 19.3 Å². The first-order chi connectivity index (χ1) is 7.41. The van der Waals surface area contributed by atoms with E-state index in [0.29, 0.717) is 0 Å². The highest BCUT2D eigenvalue weighted by Crippen LogP contribution is 2.17. The second kappa shape index (κ2) is 4.56. The highest BCUT2D eigenvalue weighted by molar-refractivity contribution is 5.88. The number of hydrogen-bond acceptors (Lipinski definition) is 4. The number of nitro groups is 1. The molecule has 6 nitrogen and oxygen atoms in total. The molecule has 0 amide bonds. The summed E-state index contributed by atoms with van der Waals surface area (Å²) in [5, 5.41) is 18.8. The smallest absolute Gasteiger partial charge is 0.353 e. The van der Waals surface area contributed by atoms with Crippen LogP contribution in [0.15, 0.2) is 18.2 Å². The molecule has 0 aliphatic rings. The maximum atomic E-state index is 12.8. The number of hydrogen-bond donors (Lipinski definition) is 2. The molecule has 1 aromatic rings. The first kappa shape index (κ1) is 11.9. The van der Waals surface area contributed by atoms with E-state index in [1.807, 2.05) is 0 Å². The molecule has 0 aromatic heterocycles. The molecule has 16 heavy (non-hydrogen) atoms. The highest BCUT2D eigenvalue weighted by Gasteiger charge is 2.20. The molecule has 0 aliphatic carbocycles. The van der Waals surface area contributed by atoms with Crippen LogP contribution >= 0.6 is 0 Å². The van der Waals surface area contributed by atoms with Crippen LogP contribution in [0, 0.1) is 10.1 Å². The van der Waals surface area contributed by atoms with Gasteiger partial charge in [0.25, 0.3) is 0 Å². The van der Waals surface area contributed by atoms with Crippen molar-refractivity contribution in [3.05, 3.63) is 39.4 Å². The molecule has 0 spiro atoms. The predicted octanol–water partition coefficient (Wildman–Crippen LogP) is 1.08. The van der Waals surface area contributed by atoms with Gasteiger partial charge in [0.1, 0.15) is 0 Å². The molecule has 0 fully saturated rings. The number of anilines is 1. The molecule has 0 saturated carbocycles. The number of nitrogens with zero attached hydrogens (tertiary/aromatic N) is 1. The van der Waals surface area contributed by atoms with Gasteiger partial charge in [-0.1, -0.05) is 0 Å². The Labute approximate surface area is 89.6 Å². The lowest BCUT2D eigenvalue weighted by molar-refractivity contribution is -0.552. The maximum Gasteiger partial charge on any atom is 0.353 e. The number of nitrogen functional groups attached to an aromatic ring is 1. The monoisotopic (exact) mass is 228 g/mol. The van der Waals surface area contributed by atoms with Crippen molar-refractivity contribution in [3.8, 4) is 0 Å². The maximum absolute atomic E-state index is 12.8. The fourth-order valence-corrected chi connectivity index (χ4v) is 1.17. The van der Waals surface area contributed by atoms with Gasteiger partial charge >= 0.3 is 12.3 Å². The van der Waals surface area contributed by atoms with Crippen molar-refractivity contribution in [2.24, 2.45) is 0 Å². The van der Waals surface area contributed by atoms with Crippen LogP contribution in [-0.2, 0) is 6.42 Å². The van der Waals surface area contributed by atoms with Crippen LogP contribution in [0.3, 0.4) is 0 Å². The van der Waals surface area contributed by atoms with Crippen LogP contribution in [0.4, 0.5) is 10.1 Å². The van der Waals surface area contributed by atoms with E-state index in [0.717, 1.165) is 6.07 Å². The van der Waals surface area contributed by atoms with Crippen molar-refractivity contribution in [1.82, 2.24) is 0 Å². The fraction of sp³-hybridized carbons (Fsp3) is 0.222. The van der Waals surface area contributed by atoms with Gasteiger partial charge in [0, 0.05) is 5.69 Å². The lowest BCUT2D eigenvalue weighted by atomic mass is 10.1. The van der Waals surface area contributed by atoms with Gasteiger partial charge in [0.05, 0.1) is 16.9 Å². The average Bonchev–Trinajstić information content (AvgIpc) is 2.20. The molecular formula is C9H9FN2O4. The minimum atomic E-state index is -2.29. The predicted molar refractivity (Wildman–Crippen MR) is 53.4 cm³/mol. The fourth-order valence-electron chi connectivity index (χ4n) is 1.17. The average molecular weight is 228 g/mol. The largest absolute Gasteiger partial charge is 0.478 e. The van der Waals surface area contributed by atoms with Crippen molar-refractivity contribution >= 4 is 11.7 Å². The number of nitrogens with two attached hydrogens (primary N) is 1. The number of carbonyl (C=O) groups is 1. The summed E-state index contributed by atoms with van der Waals surface area (Å²) in [6.07, 6.45) is -2.83. The first-order valence-electron chi connectivity index (χ1n) is 4.31. The molecule has 1 atom stereocenters. The zero-order chi connectivity index (χ0) is 12.3. The van der Waals surface area contributed by atoms with Gasteiger partial charge in [-0.15, -0.1) is 0 Å². The SMILES string of the molecule is Nc1ccc(C(=O)O)cc1CC(F)[N+](=O)[O-]. The second-order valence-electron chi connectivity index (χ2n) is 3.14. The summed E-state index contributed by atoms with van der Waals surface area (Å²) in [4.78, 5) is 19.6. The van der Waals surface area contributed by atoms with Crippen molar-refractivity contribution in [2.75, 3.05) is 5.73 Å². The first-order valence-corrected chi connectivity index (χ1v) is 4.31. The zero-order valence-electron chi connectivity index (χ0n) is 8.09. The van der Waals surface area contributed by atoms with Gasteiger partial charge in [-0.3, -0.25) is 10.1 Å². The molecule has 1 unspecified atom stereocenters. The summed E-state index contributed by atoms with van der Waals surface area (Å²) in [5.41, 5.74) is 5.62. The molecule has 0 aliphatic heterocycles. The van der Waals surface area contributed by atoms with Gasteiger partial charge in [-0.2, -0.15) is 4.39 Å². The van der Waals surface area contributed by atoms with Crippen LogP contribution in [0.25, 0.3) is 0 Å². The van der Waals surface area contributed by atoms with Gasteiger partial charge in [0.15, 0.2) is 0 Å². The van der Waals surface area contributed by atoms with Crippen LogP contribution in [-0.4, -0.2) is 22.3 Å². The van der Waals surface area contributed by atoms with E-state index in [1.165, 1.54) is 12.1 Å². The third-order valence-corrected chi connectivity index (χ3v) is 2.01. The van der Waals surface area contributed by atoms with Gasteiger partial charge in [-0.25, -0.2) is 4.79 Å². The summed E-state index contributed by atoms with van der Waals surface area (Å²) in [6, 6.07) is 3.67. The van der Waals surface area contributed by atoms with E-state index in [-0.39, 0.29) is 16.8 Å². The van der Waals surface area contributed by atoms with Crippen LogP contribution in [0.5, 0.6) is 0 Å². The molecule has 3 N–H and O–H groups in total. The minimum Gasteiger partial charge on any atom is -0.478 e. The number of aromatic carboxylic acids is 1. The third-order valence-electron chi connectivity index (χ3n) is 2.01. The van der Waals surface area contributed by atoms with Crippen molar-refractivity contribution in [2.45, 2.75) is 12.7 Å². The molecule has 0 bridgehead atoms. The number of rotatable bonds is 4. The zero-order valence-corrected chi connectivity index (χ0v) is 8.09. The normalized spacial score (nSPS) is 12.1. The molecule has 0 radical (unpaired) electrons. The summed E-state index contributed by atoms with van der Waals surface area (Å²) < 4.78 is 12.8. The van der Waals surface area contributed by atoms with Crippen molar-refractivity contribution < 1.29 is 19.2 Å². The Morgan fingerprint density at radius 3 is 2.75 bits per heavy atom. The van der Waals surface area contributed by atoms with E-state index in [2.05, 4.69) is 0 Å². The number of benzene rings is 1.